The first-order valence-electron chi connectivity index (χ1n) is 12.3. The summed E-state index contributed by atoms with van der Waals surface area (Å²) < 4.78 is 0. The number of piperidine rings is 1. The second kappa shape index (κ2) is 10.1. The van der Waals surface area contributed by atoms with E-state index in [0.29, 0.717) is 24.7 Å². The summed E-state index contributed by atoms with van der Waals surface area (Å²) in [5.74, 6) is 0.467. The van der Waals surface area contributed by atoms with Gasteiger partial charge in [-0.05, 0) is 67.9 Å². The molecule has 1 aromatic carbocycles. The Balaban J connectivity index is 1.29. The number of aryl methyl sites for hydroxylation is 1. The third kappa shape index (κ3) is 4.67. The summed E-state index contributed by atoms with van der Waals surface area (Å²) in [4.78, 5) is 30.4. The fourth-order valence-electron chi connectivity index (χ4n) is 5.51. The van der Waals surface area contributed by atoms with Crippen molar-refractivity contribution in [2.45, 2.75) is 51.0 Å². The molecule has 2 aromatic heterocycles. The Hall–Kier alpha value is -2.93. The van der Waals surface area contributed by atoms with E-state index in [9.17, 15) is 9.59 Å². The molecule has 1 atom stereocenters. The highest BCUT2D eigenvalue weighted by atomic mass is 32.1. The van der Waals surface area contributed by atoms with Gasteiger partial charge in [0.2, 0.25) is 0 Å². The minimum atomic E-state index is 0.0557. The van der Waals surface area contributed by atoms with E-state index in [1.165, 1.54) is 5.56 Å². The molecule has 7 heteroatoms. The SMILES string of the molecule is CN(C(=O)c1ccsc1)[C@@H](Cc1ccccc1)C1CCN(C(=O)c2n[nH]c3c2CCCC3)CC1. The maximum Gasteiger partial charge on any atom is 0.274 e. The van der Waals surface area contributed by atoms with Gasteiger partial charge in [0.1, 0.15) is 0 Å². The molecule has 1 aliphatic heterocycles. The van der Waals surface area contributed by atoms with Gasteiger partial charge in [-0.25, -0.2) is 0 Å². The van der Waals surface area contributed by atoms with Crippen molar-refractivity contribution in [2.24, 2.45) is 5.92 Å². The number of thiophene rings is 1. The van der Waals surface area contributed by atoms with Crippen LogP contribution >= 0.6 is 11.3 Å². The second-order valence-electron chi connectivity index (χ2n) is 9.55. The van der Waals surface area contributed by atoms with E-state index in [0.717, 1.165) is 61.8 Å². The predicted octanol–water partition coefficient (Wildman–Crippen LogP) is 4.59. The molecule has 3 aromatic rings. The van der Waals surface area contributed by atoms with Gasteiger partial charge in [0.05, 0.1) is 5.56 Å². The van der Waals surface area contributed by atoms with E-state index < -0.39 is 0 Å². The van der Waals surface area contributed by atoms with Gasteiger partial charge >= 0.3 is 0 Å². The summed E-state index contributed by atoms with van der Waals surface area (Å²) in [7, 11) is 1.93. The number of carbonyl (C=O) groups excluding carboxylic acids is 2. The number of rotatable bonds is 6. The van der Waals surface area contributed by atoms with E-state index in [1.807, 2.05) is 39.7 Å². The Morgan fingerprint density at radius 1 is 1.15 bits per heavy atom. The summed E-state index contributed by atoms with van der Waals surface area (Å²) in [6.45, 7) is 1.41. The molecule has 0 unspecified atom stereocenters. The zero-order chi connectivity index (χ0) is 23.5. The van der Waals surface area contributed by atoms with Gasteiger partial charge in [0.15, 0.2) is 5.69 Å². The standard InChI is InChI=1S/C27H32N4O2S/c1-30(26(32)21-13-16-34-18-21)24(17-19-7-3-2-4-8-19)20-11-14-31(15-12-20)27(33)25-22-9-5-6-10-23(22)28-29-25/h2-4,7-8,13,16,18,20,24H,5-6,9-12,14-15,17H2,1H3,(H,28,29)/t24-/m0/s1. The number of likely N-dealkylation sites (tertiary alicyclic amines) is 1. The fraction of sp³-hybridized carbons (Fsp3) is 0.444. The van der Waals surface area contributed by atoms with Gasteiger partial charge in [0, 0.05) is 42.8 Å². The van der Waals surface area contributed by atoms with Crippen LogP contribution < -0.4 is 0 Å². The summed E-state index contributed by atoms with van der Waals surface area (Å²) in [6.07, 6.45) is 6.81. The number of aromatic amines is 1. The van der Waals surface area contributed by atoms with Crippen molar-refractivity contribution in [1.29, 1.82) is 0 Å². The first-order chi connectivity index (χ1) is 16.6. The Labute approximate surface area is 205 Å². The molecule has 1 aliphatic carbocycles. The maximum absolute atomic E-state index is 13.3. The van der Waals surface area contributed by atoms with E-state index in [4.69, 9.17) is 0 Å². The van der Waals surface area contributed by atoms with Crippen LogP contribution in [0.4, 0.5) is 0 Å². The van der Waals surface area contributed by atoms with Gasteiger partial charge in [-0.1, -0.05) is 30.3 Å². The molecular weight excluding hydrogens is 444 g/mol. The lowest BCUT2D eigenvalue weighted by Gasteiger charge is -2.40. The highest BCUT2D eigenvalue weighted by molar-refractivity contribution is 7.08. The number of carbonyl (C=O) groups is 2. The molecular formula is C27H32N4O2S. The molecule has 0 spiro atoms. The van der Waals surface area contributed by atoms with Gasteiger partial charge in [0.25, 0.3) is 11.8 Å². The van der Waals surface area contributed by atoms with Crippen LogP contribution in [-0.4, -0.2) is 58.0 Å². The Kier molecular flexibility index (Phi) is 6.81. The number of fused-ring (bicyclic) bond motifs is 1. The molecule has 3 heterocycles. The molecule has 178 valence electrons. The lowest BCUT2D eigenvalue weighted by molar-refractivity contribution is 0.0519. The fourth-order valence-corrected chi connectivity index (χ4v) is 6.14. The third-order valence-electron chi connectivity index (χ3n) is 7.50. The zero-order valence-corrected chi connectivity index (χ0v) is 20.5. The molecule has 34 heavy (non-hydrogen) atoms. The number of nitrogens with zero attached hydrogens (tertiary/aromatic N) is 3. The van der Waals surface area contributed by atoms with Crippen LogP contribution in [0.15, 0.2) is 47.2 Å². The van der Waals surface area contributed by atoms with E-state index in [2.05, 4.69) is 34.5 Å². The average molecular weight is 477 g/mol. The summed E-state index contributed by atoms with van der Waals surface area (Å²) in [6, 6.07) is 12.4. The predicted molar refractivity (Wildman–Crippen MR) is 134 cm³/mol. The largest absolute Gasteiger partial charge is 0.338 e. The first kappa shape index (κ1) is 22.8. The quantitative estimate of drug-likeness (QED) is 0.566. The summed E-state index contributed by atoms with van der Waals surface area (Å²) in [5.41, 5.74) is 4.88. The Morgan fingerprint density at radius 3 is 2.65 bits per heavy atom. The average Bonchev–Trinajstić information content (AvgIpc) is 3.57. The van der Waals surface area contributed by atoms with Crippen molar-refractivity contribution >= 4 is 23.2 Å². The van der Waals surface area contributed by atoms with Crippen molar-refractivity contribution in [1.82, 2.24) is 20.0 Å². The lowest BCUT2D eigenvalue weighted by atomic mass is 9.84. The number of H-pyrrole nitrogens is 1. The molecule has 5 rings (SSSR count). The van der Waals surface area contributed by atoms with Gasteiger partial charge in [-0.2, -0.15) is 16.4 Å². The molecule has 0 saturated carbocycles. The number of hydrogen-bond donors (Lipinski definition) is 1. The van der Waals surface area contributed by atoms with Crippen LogP contribution in [0.2, 0.25) is 0 Å². The minimum Gasteiger partial charge on any atom is -0.338 e. The zero-order valence-electron chi connectivity index (χ0n) is 19.7. The Bertz CT molecular complexity index is 1120. The van der Waals surface area contributed by atoms with E-state index in [1.54, 1.807) is 11.3 Å². The lowest BCUT2D eigenvalue weighted by Crippen LogP contribution is -2.48. The van der Waals surface area contributed by atoms with Gasteiger partial charge in [-0.15, -0.1) is 0 Å². The van der Waals surface area contributed by atoms with Crippen LogP contribution in [0, 0.1) is 5.92 Å². The number of aromatic nitrogens is 2. The van der Waals surface area contributed by atoms with Crippen molar-refractivity contribution in [3.8, 4) is 0 Å². The van der Waals surface area contributed by atoms with Crippen LogP contribution in [0.1, 0.15) is 63.4 Å². The van der Waals surface area contributed by atoms with E-state index in [-0.39, 0.29) is 17.9 Å². The molecule has 0 radical (unpaired) electrons. The first-order valence-corrected chi connectivity index (χ1v) is 13.2. The van der Waals surface area contributed by atoms with Crippen molar-refractivity contribution < 1.29 is 9.59 Å². The van der Waals surface area contributed by atoms with Crippen LogP contribution in [-0.2, 0) is 19.3 Å². The summed E-state index contributed by atoms with van der Waals surface area (Å²) >= 11 is 1.55. The molecule has 1 fully saturated rings. The topological polar surface area (TPSA) is 69.3 Å². The van der Waals surface area contributed by atoms with E-state index >= 15 is 0 Å². The van der Waals surface area contributed by atoms with Gasteiger partial charge < -0.3 is 9.80 Å². The number of hydrogen-bond acceptors (Lipinski definition) is 4. The molecule has 2 amide bonds. The summed E-state index contributed by atoms with van der Waals surface area (Å²) in [5, 5.41) is 11.4. The molecule has 1 N–H and O–H groups in total. The minimum absolute atomic E-state index is 0.0557. The number of amides is 2. The monoisotopic (exact) mass is 476 g/mol. The molecule has 1 saturated heterocycles. The number of nitrogens with one attached hydrogen (secondary N) is 1. The molecule has 6 nitrogen and oxygen atoms in total. The smallest absolute Gasteiger partial charge is 0.274 e. The van der Waals surface area contributed by atoms with Crippen molar-refractivity contribution in [3.05, 3.63) is 75.2 Å². The van der Waals surface area contributed by atoms with Crippen LogP contribution in [0.3, 0.4) is 0 Å². The Morgan fingerprint density at radius 2 is 1.91 bits per heavy atom. The molecule has 2 aliphatic rings. The number of benzene rings is 1. The normalized spacial score (nSPS) is 17.3. The third-order valence-corrected chi connectivity index (χ3v) is 8.19. The highest BCUT2D eigenvalue weighted by Gasteiger charge is 2.34. The number of likely N-dealkylation sites (N-methyl/N-ethyl adjacent to an activating group) is 1. The molecule has 0 bridgehead atoms. The van der Waals surface area contributed by atoms with Crippen LogP contribution in [0.25, 0.3) is 0 Å². The van der Waals surface area contributed by atoms with Gasteiger partial charge in [-0.3, -0.25) is 14.7 Å². The van der Waals surface area contributed by atoms with Crippen LogP contribution in [0.5, 0.6) is 0 Å². The van der Waals surface area contributed by atoms with Crippen molar-refractivity contribution in [2.75, 3.05) is 20.1 Å². The van der Waals surface area contributed by atoms with Crippen molar-refractivity contribution in [3.63, 3.8) is 0 Å². The second-order valence-corrected chi connectivity index (χ2v) is 10.3. The highest BCUT2D eigenvalue weighted by Crippen LogP contribution is 2.29. The maximum atomic E-state index is 13.3.